The van der Waals surface area contributed by atoms with Crippen LogP contribution in [0.1, 0.15) is 26.7 Å². The largest absolute Gasteiger partial charge is 0.476 e. The van der Waals surface area contributed by atoms with Gasteiger partial charge in [-0.2, -0.15) is 0 Å². The number of ether oxygens (including phenoxy) is 2. The highest BCUT2D eigenvalue weighted by Crippen LogP contribution is 2.23. The fourth-order valence-corrected chi connectivity index (χ4v) is 2.99. The smallest absolute Gasteiger partial charge is 0.350 e. The molecule has 2 aromatic rings. The van der Waals surface area contributed by atoms with E-state index >= 15 is 0 Å². The van der Waals surface area contributed by atoms with E-state index in [9.17, 15) is 18.8 Å². The molecule has 0 saturated carbocycles. The topological polar surface area (TPSA) is 84.9 Å². The standard InChI is InChI=1S/C22H23FN2O5/c1-22(2,30-18-11-5-15(23)6-12-18)21(28)29-14-19(26)24-16-7-9-17(10-8-16)25-13-3-4-20(25)27/h5-12H,3-4,13-14H2,1-2H3,(H,24,26). The number of esters is 1. The van der Waals surface area contributed by atoms with Crippen LogP contribution in [-0.4, -0.2) is 36.5 Å². The Morgan fingerprint density at radius 1 is 1.10 bits per heavy atom. The summed E-state index contributed by atoms with van der Waals surface area (Å²) >= 11 is 0. The predicted molar refractivity (Wildman–Crippen MR) is 109 cm³/mol. The molecule has 30 heavy (non-hydrogen) atoms. The number of halogens is 1. The normalized spacial score (nSPS) is 13.8. The summed E-state index contributed by atoms with van der Waals surface area (Å²) in [6.07, 6.45) is 1.38. The quantitative estimate of drug-likeness (QED) is 0.703. The van der Waals surface area contributed by atoms with Crippen molar-refractivity contribution in [3.63, 3.8) is 0 Å². The monoisotopic (exact) mass is 414 g/mol. The number of hydrogen-bond acceptors (Lipinski definition) is 5. The molecule has 0 radical (unpaired) electrons. The molecule has 0 atom stereocenters. The number of nitrogens with one attached hydrogen (secondary N) is 1. The number of benzene rings is 2. The highest BCUT2D eigenvalue weighted by Gasteiger charge is 2.32. The highest BCUT2D eigenvalue weighted by atomic mass is 19.1. The van der Waals surface area contributed by atoms with Gasteiger partial charge >= 0.3 is 5.97 Å². The maximum Gasteiger partial charge on any atom is 0.350 e. The Kier molecular flexibility index (Phi) is 6.34. The van der Waals surface area contributed by atoms with E-state index in [0.29, 0.717) is 24.4 Å². The highest BCUT2D eigenvalue weighted by molar-refractivity contribution is 5.96. The summed E-state index contributed by atoms with van der Waals surface area (Å²) in [4.78, 5) is 37.9. The lowest BCUT2D eigenvalue weighted by Gasteiger charge is -2.24. The third-order valence-electron chi connectivity index (χ3n) is 4.55. The van der Waals surface area contributed by atoms with Crippen LogP contribution < -0.4 is 15.0 Å². The second-order valence-electron chi connectivity index (χ2n) is 7.39. The lowest BCUT2D eigenvalue weighted by Crippen LogP contribution is -2.41. The second kappa shape index (κ2) is 8.94. The molecule has 2 aromatic carbocycles. The Balaban J connectivity index is 1.49. The van der Waals surface area contributed by atoms with Crippen molar-refractivity contribution in [2.24, 2.45) is 0 Å². The van der Waals surface area contributed by atoms with Crippen molar-refractivity contribution >= 4 is 29.2 Å². The van der Waals surface area contributed by atoms with E-state index in [4.69, 9.17) is 9.47 Å². The van der Waals surface area contributed by atoms with Gasteiger partial charge in [0.15, 0.2) is 12.2 Å². The zero-order valence-electron chi connectivity index (χ0n) is 16.8. The molecule has 0 aromatic heterocycles. The number of carbonyl (C=O) groups excluding carboxylic acids is 3. The summed E-state index contributed by atoms with van der Waals surface area (Å²) in [6.45, 7) is 3.20. The number of carbonyl (C=O) groups is 3. The van der Waals surface area contributed by atoms with E-state index < -0.39 is 29.9 Å². The molecular weight excluding hydrogens is 391 g/mol. The number of nitrogens with zero attached hydrogens (tertiary/aromatic N) is 1. The number of amides is 2. The van der Waals surface area contributed by atoms with Crippen molar-refractivity contribution < 1.29 is 28.2 Å². The van der Waals surface area contributed by atoms with E-state index in [1.807, 2.05) is 0 Å². The van der Waals surface area contributed by atoms with Crippen LogP contribution in [0.4, 0.5) is 15.8 Å². The van der Waals surface area contributed by atoms with Gasteiger partial charge in [0.2, 0.25) is 5.91 Å². The Morgan fingerprint density at radius 3 is 2.37 bits per heavy atom. The Hall–Kier alpha value is -3.42. The molecule has 0 bridgehead atoms. The molecular formula is C22H23FN2O5. The first-order valence-corrected chi connectivity index (χ1v) is 9.57. The molecule has 1 saturated heterocycles. The summed E-state index contributed by atoms with van der Waals surface area (Å²) in [7, 11) is 0. The van der Waals surface area contributed by atoms with Gasteiger partial charge in [-0.15, -0.1) is 0 Å². The van der Waals surface area contributed by atoms with Crippen LogP contribution in [0.3, 0.4) is 0 Å². The molecule has 1 fully saturated rings. The summed E-state index contributed by atoms with van der Waals surface area (Å²) < 4.78 is 23.6. The Bertz CT molecular complexity index is 926. The third-order valence-corrected chi connectivity index (χ3v) is 4.55. The Morgan fingerprint density at radius 2 is 1.77 bits per heavy atom. The molecule has 1 N–H and O–H groups in total. The number of hydrogen-bond donors (Lipinski definition) is 1. The Labute approximate surface area is 173 Å². The molecule has 7 nitrogen and oxygen atoms in total. The van der Waals surface area contributed by atoms with Crippen molar-refractivity contribution in [3.05, 3.63) is 54.3 Å². The zero-order valence-corrected chi connectivity index (χ0v) is 16.8. The van der Waals surface area contributed by atoms with E-state index in [1.165, 1.54) is 38.1 Å². The summed E-state index contributed by atoms with van der Waals surface area (Å²) in [5.41, 5.74) is -0.0583. The average molecular weight is 414 g/mol. The molecule has 1 aliphatic heterocycles. The molecule has 8 heteroatoms. The van der Waals surface area contributed by atoms with Crippen LogP contribution in [0, 0.1) is 5.82 Å². The van der Waals surface area contributed by atoms with Gasteiger partial charge < -0.3 is 19.7 Å². The summed E-state index contributed by atoms with van der Waals surface area (Å²) in [6, 6.07) is 12.1. The van der Waals surface area contributed by atoms with Gasteiger partial charge in [0.05, 0.1) is 0 Å². The lowest BCUT2D eigenvalue weighted by molar-refractivity contribution is -0.161. The molecule has 1 aliphatic rings. The molecule has 2 amide bonds. The van der Waals surface area contributed by atoms with Gasteiger partial charge in [-0.3, -0.25) is 9.59 Å². The van der Waals surface area contributed by atoms with Crippen molar-refractivity contribution in [1.82, 2.24) is 0 Å². The van der Waals surface area contributed by atoms with Crippen molar-refractivity contribution in [2.45, 2.75) is 32.3 Å². The van der Waals surface area contributed by atoms with Crippen molar-refractivity contribution in [2.75, 3.05) is 23.4 Å². The summed E-state index contributed by atoms with van der Waals surface area (Å²) in [5, 5.41) is 2.63. The lowest BCUT2D eigenvalue weighted by atomic mass is 10.1. The van der Waals surface area contributed by atoms with E-state index in [1.54, 1.807) is 29.2 Å². The van der Waals surface area contributed by atoms with Crippen LogP contribution in [-0.2, 0) is 19.1 Å². The van der Waals surface area contributed by atoms with Gasteiger partial charge in [0, 0.05) is 24.3 Å². The first-order chi connectivity index (χ1) is 14.2. The van der Waals surface area contributed by atoms with Crippen LogP contribution in [0.5, 0.6) is 5.75 Å². The number of rotatable bonds is 7. The number of anilines is 2. The second-order valence-corrected chi connectivity index (χ2v) is 7.39. The van der Waals surface area contributed by atoms with Crippen LogP contribution in [0.25, 0.3) is 0 Å². The third kappa shape index (κ3) is 5.34. The fraction of sp³-hybridized carbons (Fsp3) is 0.318. The first-order valence-electron chi connectivity index (χ1n) is 9.57. The van der Waals surface area contributed by atoms with Crippen LogP contribution in [0.15, 0.2) is 48.5 Å². The minimum atomic E-state index is -1.36. The minimum Gasteiger partial charge on any atom is -0.476 e. The molecule has 0 spiro atoms. The fourth-order valence-electron chi connectivity index (χ4n) is 2.99. The van der Waals surface area contributed by atoms with Gasteiger partial charge in [-0.1, -0.05) is 0 Å². The molecule has 3 rings (SSSR count). The zero-order chi connectivity index (χ0) is 21.7. The van der Waals surface area contributed by atoms with E-state index in [2.05, 4.69) is 5.32 Å². The molecule has 1 heterocycles. The van der Waals surface area contributed by atoms with Crippen molar-refractivity contribution in [1.29, 1.82) is 0 Å². The molecule has 0 aliphatic carbocycles. The van der Waals surface area contributed by atoms with Gasteiger partial charge in [0.25, 0.3) is 5.91 Å². The maximum absolute atomic E-state index is 13.0. The maximum atomic E-state index is 13.0. The molecule has 158 valence electrons. The SMILES string of the molecule is CC(C)(Oc1ccc(F)cc1)C(=O)OCC(=O)Nc1ccc(N2CCCC2=O)cc1. The van der Waals surface area contributed by atoms with Crippen LogP contribution in [0.2, 0.25) is 0 Å². The van der Waals surface area contributed by atoms with E-state index in [0.717, 1.165) is 12.1 Å². The van der Waals surface area contributed by atoms with Gasteiger partial charge in [-0.25, -0.2) is 9.18 Å². The summed E-state index contributed by atoms with van der Waals surface area (Å²) in [5.74, 6) is -1.26. The average Bonchev–Trinajstić information content (AvgIpc) is 3.14. The van der Waals surface area contributed by atoms with Crippen LogP contribution >= 0.6 is 0 Å². The van der Waals surface area contributed by atoms with Gasteiger partial charge in [-0.05, 0) is 68.8 Å². The van der Waals surface area contributed by atoms with E-state index in [-0.39, 0.29) is 5.91 Å². The minimum absolute atomic E-state index is 0.0872. The van der Waals surface area contributed by atoms with Gasteiger partial charge in [0.1, 0.15) is 11.6 Å². The molecule has 0 unspecified atom stereocenters. The van der Waals surface area contributed by atoms with Crippen molar-refractivity contribution in [3.8, 4) is 5.75 Å². The first kappa shape index (κ1) is 21.3. The predicted octanol–water partition coefficient (Wildman–Crippen LogP) is 3.29.